The van der Waals surface area contributed by atoms with Crippen molar-refractivity contribution in [2.75, 3.05) is 25.5 Å². The van der Waals surface area contributed by atoms with E-state index in [2.05, 4.69) is 22.7 Å². The maximum Gasteiger partial charge on any atom is 0.510 e. The molecule has 3 aliphatic rings. The van der Waals surface area contributed by atoms with Crippen molar-refractivity contribution in [2.24, 2.45) is 5.92 Å². The maximum atomic E-state index is 15.9. The second-order valence-corrected chi connectivity index (χ2v) is 12.5. The van der Waals surface area contributed by atoms with Gasteiger partial charge >= 0.3 is 6.16 Å². The van der Waals surface area contributed by atoms with E-state index in [1.807, 2.05) is 35.2 Å². The lowest BCUT2D eigenvalue weighted by Gasteiger charge is -2.53. The van der Waals surface area contributed by atoms with E-state index in [-0.39, 0.29) is 29.3 Å². The van der Waals surface area contributed by atoms with Crippen LogP contribution in [0.4, 0.5) is 9.18 Å². The number of piperidine rings is 1. The second-order valence-electron chi connectivity index (χ2n) is 11.4. The SMILES string of the molecule is CCCCC1CCN2C(=O)c3c(OCOC(=O)OC)c(=O)ccn3N(C3c4ccccc4SCc4c3ccc(C)c4F)[C@@H]2C1. The van der Waals surface area contributed by atoms with Crippen LogP contribution in [0.5, 0.6) is 5.75 Å². The molecule has 3 aromatic rings. The van der Waals surface area contributed by atoms with Gasteiger partial charge in [0.2, 0.25) is 18.0 Å². The number of aryl methyl sites for hydroxylation is 1. The molecule has 0 bridgehead atoms. The monoisotopic (exact) mass is 621 g/mol. The van der Waals surface area contributed by atoms with Gasteiger partial charge in [0.1, 0.15) is 12.0 Å². The summed E-state index contributed by atoms with van der Waals surface area (Å²) in [4.78, 5) is 41.9. The Kier molecular flexibility index (Phi) is 8.57. The number of unbranched alkanes of at least 4 members (excludes halogenated alkanes) is 1. The molecule has 1 aromatic heterocycles. The first-order valence-electron chi connectivity index (χ1n) is 15.0. The minimum absolute atomic E-state index is 0.0396. The molecule has 0 saturated carbocycles. The summed E-state index contributed by atoms with van der Waals surface area (Å²) in [6, 6.07) is 12.7. The molecule has 9 nitrogen and oxygen atoms in total. The number of nitrogens with zero attached hydrogens (tertiary/aromatic N) is 3. The van der Waals surface area contributed by atoms with Crippen molar-refractivity contribution in [1.82, 2.24) is 9.58 Å². The normalized spacial score (nSPS) is 20.5. The summed E-state index contributed by atoms with van der Waals surface area (Å²) >= 11 is 1.60. The number of benzene rings is 2. The summed E-state index contributed by atoms with van der Waals surface area (Å²) in [6.45, 7) is 3.85. The van der Waals surface area contributed by atoms with E-state index in [0.29, 0.717) is 29.3 Å². The highest BCUT2D eigenvalue weighted by molar-refractivity contribution is 7.98. The molecule has 3 aliphatic heterocycles. The van der Waals surface area contributed by atoms with E-state index in [9.17, 15) is 14.4 Å². The van der Waals surface area contributed by atoms with Gasteiger partial charge in [-0.05, 0) is 48.4 Å². The number of thioether (sulfide) groups is 1. The fraction of sp³-hybridized carbons (Fsp3) is 0.424. The van der Waals surface area contributed by atoms with Gasteiger partial charge < -0.3 is 19.1 Å². The number of carbonyl (C=O) groups is 2. The summed E-state index contributed by atoms with van der Waals surface area (Å²) in [5.41, 5.74) is 2.53. The lowest BCUT2D eigenvalue weighted by molar-refractivity contribution is 0.0120. The van der Waals surface area contributed by atoms with E-state index >= 15 is 4.39 Å². The topological polar surface area (TPSA) is 90.3 Å². The number of ether oxygens (including phenoxy) is 3. The number of hydrogen-bond acceptors (Lipinski definition) is 8. The Balaban J connectivity index is 1.56. The third-order valence-electron chi connectivity index (χ3n) is 8.86. The van der Waals surface area contributed by atoms with Gasteiger partial charge in [0, 0.05) is 35.0 Å². The minimum atomic E-state index is -0.974. The highest BCUT2D eigenvalue weighted by Crippen LogP contribution is 2.46. The highest BCUT2D eigenvalue weighted by atomic mass is 32.2. The molecule has 0 aliphatic carbocycles. The fourth-order valence-corrected chi connectivity index (χ4v) is 7.78. The van der Waals surface area contributed by atoms with Crippen LogP contribution in [0, 0.1) is 18.7 Å². The van der Waals surface area contributed by atoms with Gasteiger partial charge in [-0.25, -0.2) is 9.18 Å². The van der Waals surface area contributed by atoms with Gasteiger partial charge in [-0.15, -0.1) is 11.8 Å². The van der Waals surface area contributed by atoms with E-state index in [4.69, 9.17) is 9.47 Å². The largest absolute Gasteiger partial charge is 0.510 e. The molecular formula is C33H36FN3O6S. The number of methoxy groups -OCH3 is 1. The molecule has 0 N–H and O–H groups in total. The van der Waals surface area contributed by atoms with E-state index in [0.717, 1.165) is 55.2 Å². The summed E-state index contributed by atoms with van der Waals surface area (Å²) in [7, 11) is 1.16. The number of halogens is 1. The lowest BCUT2D eigenvalue weighted by Crippen LogP contribution is -2.64. The molecule has 11 heteroatoms. The standard InChI is InChI=1S/C33H36FN3O6S/c1-4-5-8-21-13-15-35-27(17-21)37(36-16-14-25(38)31(30(36)32(35)39)42-19-43-33(40)41-3)29-22-12-11-20(2)28(34)24(22)18-44-26-10-7-6-9-23(26)29/h6-7,9-12,14,16,21,27,29H,4-5,8,13,15,17-19H2,1-3H3/t21?,27-,29?/m1/s1. The Labute approximate surface area is 259 Å². The van der Waals surface area contributed by atoms with Crippen molar-refractivity contribution in [3.8, 4) is 5.75 Å². The van der Waals surface area contributed by atoms with Crippen LogP contribution in [0.15, 0.2) is 58.4 Å². The zero-order valence-electron chi connectivity index (χ0n) is 25.1. The number of amides is 1. The maximum absolute atomic E-state index is 15.9. The van der Waals surface area contributed by atoms with Crippen molar-refractivity contribution in [3.05, 3.63) is 92.6 Å². The average Bonchev–Trinajstić information content (AvgIpc) is 3.20. The summed E-state index contributed by atoms with van der Waals surface area (Å²) in [6.07, 6.45) is 5.09. The quantitative estimate of drug-likeness (QED) is 0.230. The Morgan fingerprint density at radius 1 is 1.11 bits per heavy atom. The molecule has 0 spiro atoms. The van der Waals surface area contributed by atoms with Gasteiger partial charge in [0.05, 0.1) is 13.2 Å². The van der Waals surface area contributed by atoms with Crippen LogP contribution in [-0.4, -0.2) is 48.3 Å². The van der Waals surface area contributed by atoms with E-state index in [1.54, 1.807) is 29.6 Å². The fourth-order valence-electron chi connectivity index (χ4n) is 6.66. The van der Waals surface area contributed by atoms with Crippen molar-refractivity contribution in [2.45, 2.75) is 68.8 Å². The highest BCUT2D eigenvalue weighted by Gasteiger charge is 2.47. The zero-order valence-corrected chi connectivity index (χ0v) is 25.9. The third kappa shape index (κ3) is 5.31. The third-order valence-corrected chi connectivity index (χ3v) is 9.98. The molecular weight excluding hydrogens is 585 g/mol. The van der Waals surface area contributed by atoms with Crippen molar-refractivity contribution >= 4 is 23.8 Å². The number of fused-ring (bicyclic) bond motifs is 4. The van der Waals surface area contributed by atoms with Crippen LogP contribution in [0.1, 0.15) is 77.8 Å². The lowest BCUT2D eigenvalue weighted by atomic mass is 9.86. The number of pyridine rings is 1. The van der Waals surface area contributed by atoms with Crippen LogP contribution < -0.4 is 15.2 Å². The Morgan fingerprint density at radius 3 is 2.73 bits per heavy atom. The second kappa shape index (κ2) is 12.6. The zero-order chi connectivity index (χ0) is 31.0. The number of aromatic nitrogens is 1. The number of hydrogen-bond donors (Lipinski definition) is 0. The number of carbonyl (C=O) groups excluding carboxylic acids is 2. The molecule has 4 heterocycles. The molecule has 232 valence electrons. The molecule has 6 rings (SSSR count). The molecule has 1 saturated heterocycles. The van der Waals surface area contributed by atoms with Gasteiger partial charge in [-0.1, -0.05) is 56.5 Å². The van der Waals surface area contributed by atoms with Gasteiger partial charge in [-0.3, -0.25) is 19.3 Å². The van der Waals surface area contributed by atoms with Crippen LogP contribution >= 0.6 is 11.8 Å². The Hall–Kier alpha value is -3.99. The summed E-state index contributed by atoms with van der Waals surface area (Å²) < 4.78 is 32.6. The van der Waals surface area contributed by atoms with Gasteiger partial charge in [0.25, 0.3) is 5.91 Å². The van der Waals surface area contributed by atoms with Crippen molar-refractivity contribution in [3.63, 3.8) is 0 Å². The predicted molar refractivity (Wildman–Crippen MR) is 164 cm³/mol. The smallest absolute Gasteiger partial charge is 0.451 e. The Bertz CT molecular complexity index is 1640. The van der Waals surface area contributed by atoms with Crippen molar-refractivity contribution < 1.29 is 28.2 Å². The molecule has 0 radical (unpaired) electrons. The summed E-state index contributed by atoms with van der Waals surface area (Å²) in [5, 5.41) is 2.13. The van der Waals surface area contributed by atoms with Gasteiger partial charge in [-0.2, -0.15) is 0 Å². The molecule has 2 aromatic carbocycles. The Morgan fingerprint density at radius 2 is 1.93 bits per heavy atom. The number of rotatable bonds is 7. The van der Waals surface area contributed by atoms with Crippen molar-refractivity contribution in [1.29, 1.82) is 0 Å². The predicted octanol–water partition coefficient (Wildman–Crippen LogP) is 6.13. The average molecular weight is 622 g/mol. The molecule has 44 heavy (non-hydrogen) atoms. The minimum Gasteiger partial charge on any atom is -0.451 e. The molecule has 1 amide bonds. The van der Waals surface area contributed by atoms with E-state index < -0.39 is 24.4 Å². The van der Waals surface area contributed by atoms with Crippen LogP contribution in [0.3, 0.4) is 0 Å². The molecule has 1 fully saturated rings. The van der Waals surface area contributed by atoms with Crippen LogP contribution in [0.2, 0.25) is 0 Å². The van der Waals surface area contributed by atoms with Crippen LogP contribution in [0.25, 0.3) is 0 Å². The molecule has 3 atom stereocenters. The molecule has 2 unspecified atom stereocenters. The summed E-state index contributed by atoms with van der Waals surface area (Å²) in [5.74, 6) is 0.0852. The first-order chi connectivity index (χ1) is 21.3. The first-order valence-corrected chi connectivity index (χ1v) is 16.0. The van der Waals surface area contributed by atoms with Gasteiger partial charge in [0.15, 0.2) is 5.69 Å². The van der Waals surface area contributed by atoms with Crippen LogP contribution in [-0.2, 0) is 15.2 Å². The first kappa shape index (κ1) is 30.1. The van der Waals surface area contributed by atoms with E-state index in [1.165, 1.54) is 6.07 Å².